The highest BCUT2D eigenvalue weighted by molar-refractivity contribution is 5.81. The number of carbonyl (C=O) groups excluding carboxylic acids is 1. The van der Waals surface area contributed by atoms with Gasteiger partial charge in [0.2, 0.25) is 0 Å². The first-order valence-corrected chi connectivity index (χ1v) is 7.97. The molecule has 22 heavy (non-hydrogen) atoms. The maximum atomic E-state index is 11.9. The second-order valence-corrected chi connectivity index (χ2v) is 6.67. The van der Waals surface area contributed by atoms with Gasteiger partial charge in [-0.3, -0.25) is 4.79 Å². The van der Waals surface area contributed by atoms with E-state index in [0.717, 1.165) is 36.4 Å². The third-order valence-electron chi connectivity index (χ3n) is 5.59. The van der Waals surface area contributed by atoms with Crippen LogP contribution < -0.4 is 9.47 Å². The molecule has 2 fully saturated rings. The summed E-state index contributed by atoms with van der Waals surface area (Å²) in [6.45, 7) is 3.11. The number of fused-ring (bicyclic) bond motifs is 1. The Morgan fingerprint density at radius 3 is 2.68 bits per heavy atom. The minimum Gasteiger partial charge on any atom is -0.493 e. The van der Waals surface area contributed by atoms with E-state index in [1.54, 1.807) is 14.2 Å². The van der Waals surface area contributed by atoms with E-state index in [1.165, 1.54) is 5.56 Å². The zero-order valence-electron chi connectivity index (χ0n) is 13.9. The molecule has 0 spiro atoms. The van der Waals surface area contributed by atoms with Crippen molar-refractivity contribution < 1.29 is 14.3 Å². The molecule has 0 amide bonds. The predicted molar refractivity (Wildman–Crippen MR) is 85.9 cm³/mol. The van der Waals surface area contributed by atoms with Crippen molar-refractivity contribution in [3.05, 3.63) is 23.3 Å². The Hall–Kier alpha value is -1.55. The molecule has 4 heteroatoms. The first kappa shape index (κ1) is 15.3. The Morgan fingerprint density at radius 2 is 2.00 bits per heavy atom. The van der Waals surface area contributed by atoms with Gasteiger partial charge >= 0.3 is 0 Å². The minimum absolute atomic E-state index is 0.0764. The number of methoxy groups -OCH3 is 2. The topological polar surface area (TPSA) is 38.8 Å². The molecule has 1 heterocycles. The van der Waals surface area contributed by atoms with Gasteiger partial charge in [-0.25, -0.2) is 0 Å². The van der Waals surface area contributed by atoms with Crippen molar-refractivity contribution in [3.8, 4) is 11.5 Å². The van der Waals surface area contributed by atoms with Crippen LogP contribution in [0, 0.1) is 6.92 Å². The highest BCUT2D eigenvalue weighted by atomic mass is 16.5. The molecule has 4 nitrogen and oxygen atoms in total. The third-order valence-corrected chi connectivity index (χ3v) is 5.59. The summed E-state index contributed by atoms with van der Waals surface area (Å²) in [6, 6.07) is 4.66. The fraction of sp³-hybridized carbons (Fsp3) is 0.611. The van der Waals surface area contributed by atoms with Crippen molar-refractivity contribution in [2.75, 3.05) is 27.8 Å². The van der Waals surface area contributed by atoms with Gasteiger partial charge < -0.3 is 14.4 Å². The maximum absolute atomic E-state index is 11.9. The fourth-order valence-corrected chi connectivity index (χ4v) is 4.37. The number of hydrogen-bond donors (Lipinski definition) is 0. The fourth-order valence-electron chi connectivity index (χ4n) is 4.37. The van der Waals surface area contributed by atoms with Crippen LogP contribution in [-0.2, 0) is 10.2 Å². The van der Waals surface area contributed by atoms with E-state index in [4.69, 9.17) is 9.47 Å². The molecule has 3 rings (SSSR count). The summed E-state index contributed by atoms with van der Waals surface area (Å²) in [7, 11) is 5.49. The molecule has 1 unspecified atom stereocenters. The van der Waals surface area contributed by atoms with Gasteiger partial charge in [-0.05, 0) is 50.6 Å². The molecule has 1 aliphatic heterocycles. The second kappa shape index (κ2) is 5.58. The van der Waals surface area contributed by atoms with Gasteiger partial charge in [-0.2, -0.15) is 0 Å². The van der Waals surface area contributed by atoms with Crippen molar-refractivity contribution >= 4 is 5.78 Å². The molecule has 2 aliphatic rings. The molecule has 0 N–H and O–H groups in total. The predicted octanol–water partition coefficient (Wildman–Crippen LogP) is 2.71. The number of benzene rings is 1. The van der Waals surface area contributed by atoms with Crippen molar-refractivity contribution in [3.63, 3.8) is 0 Å². The normalized spacial score (nSPS) is 28.5. The van der Waals surface area contributed by atoms with E-state index in [-0.39, 0.29) is 5.41 Å². The zero-order valence-corrected chi connectivity index (χ0v) is 13.9. The maximum Gasteiger partial charge on any atom is 0.163 e. The number of ether oxygens (including phenoxy) is 2. The third kappa shape index (κ3) is 2.21. The number of Topliss-reactive ketones (excluding diaryl/α,β-unsaturated/α-hetero) is 1. The molecule has 2 atom stereocenters. The standard InChI is InChI=1S/C18H25NO3/c1-12-9-13(10-15(21-3)17(12)22-4)18-6-5-14(20)11-16(18)19(2)8-7-18/h9-10,16H,5-8,11H2,1-4H3/t16?,18-/m0/s1. The molecule has 1 saturated heterocycles. The largest absolute Gasteiger partial charge is 0.493 e. The Kier molecular flexibility index (Phi) is 3.89. The molecule has 0 aromatic heterocycles. The van der Waals surface area contributed by atoms with Gasteiger partial charge in [0.25, 0.3) is 0 Å². The van der Waals surface area contributed by atoms with Gasteiger partial charge in [0, 0.05) is 24.3 Å². The van der Waals surface area contributed by atoms with Crippen LogP contribution in [0.4, 0.5) is 0 Å². The molecular weight excluding hydrogens is 278 g/mol. The molecule has 1 aromatic carbocycles. The first-order chi connectivity index (χ1) is 10.5. The van der Waals surface area contributed by atoms with Crippen LogP contribution in [0.5, 0.6) is 11.5 Å². The van der Waals surface area contributed by atoms with E-state index < -0.39 is 0 Å². The van der Waals surface area contributed by atoms with E-state index >= 15 is 0 Å². The smallest absolute Gasteiger partial charge is 0.163 e. The molecule has 1 aliphatic carbocycles. The lowest BCUT2D eigenvalue weighted by molar-refractivity contribution is -0.122. The average molecular weight is 303 g/mol. The zero-order chi connectivity index (χ0) is 15.9. The number of rotatable bonds is 3. The summed E-state index contributed by atoms with van der Waals surface area (Å²) in [5.74, 6) is 1.99. The van der Waals surface area contributed by atoms with Gasteiger partial charge in [0.15, 0.2) is 11.5 Å². The van der Waals surface area contributed by atoms with Crippen molar-refractivity contribution in [2.45, 2.75) is 44.1 Å². The van der Waals surface area contributed by atoms with Crippen molar-refractivity contribution in [2.24, 2.45) is 0 Å². The first-order valence-electron chi connectivity index (χ1n) is 7.97. The van der Waals surface area contributed by atoms with E-state index in [0.29, 0.717) is 24.7 Å². The summed E-state index contributed by atoms with van der Waals surface area (Å²) in [4.78, 5) is 14.3. The molecule has 1 saturated carbocycles. The van der Waals surface area contributed by atoms with Crippen molar-refractivity contribution in [1.29, 1.82) is 0 Å². The summed E-state index contributed by atoms with van der Waals surface area (Å²) < 4.78 is 11.0. The van der Waals surface area contributed by atoms with Gasteiger partial charge in [-0.15, -0.1) is 0 Å². The Bertz CT molecular complexity index is 598. The Morgan fingerprint density at radius 1 is 1.23 bits per heavy atom. The van der Waals surface area contributed by atoms with Crippen LogP contribution >= 0.6 is 0 Å². The molecule has 1 aromatic rings. The van der Waals surface area contributed by atoms with Crippen LogP contribution in [0.25, 0.3) is 0 Å². The lowest BCUT2D eigenvalue weighted by Crippen LogP contribution is -2.46. The van der Waals surface area contributed by atoms with Crippen LogP contribution in [-0.4, -0.2) is 44.5 Å². The van der Waals surface area contributed by atoms with Crippen molar-refractivity contribution in [1.82, 2.24) is 4.90 Å². The number of likely N-dealkylation sites (N-methyl/N-ethyl adjacent to an activating group) is 1. The number of hydrogen-bond acceptors (Lipinski definition) is 4. The summed E-state index contributed by atoms with van der Waals surface area (Å²) >= 11 is 0. The van der Waals surface area contributed by atoms with Gasteiger partial charge in [-0.1, -0.05) is 6.07 Å². The molecule has 0 bridgehead atoms. The average Bonchev–Trinajstić information content (AvgIpc) is 2.84. The summed E-state index contributed by atoms with van der Waals surface area (Å²) in [5.41, 5.74) is 2.47. The monoisotopic (exact) mass is 303 g/mol. The number of aryl methyl sites for hydroxylation is 1. The highest BCUT2D eigenvalue weighted by Crippen LogP contribution is 2.49. The lowest BCUT2D eigenvalue weighted by atomic mass is 9.65. The minimum atomic E-state index is 0.0764. The van der Waals surface area contributed by atoms with E-state index in [9.17, 15) is 4.79 Å². The summed E-state index contributed by atoms with van der Waals surface area (Å²) in [5, 5.41) is 0. The lowest BCUT2D eigenvalue weighted by Gasteiger charge is -2.41. The Balaban J connectivity index is 2.09. The number of carbonyl (C=O) groups is 1. The van der Waals surface area contributed by atoms with E-state index in [2.05, 4.69) is 31.0 Å². The number of nitrogens with zero attached hydrogens (tertiary/aromatic N) is 1. The summed E-state index contributed by atoms with van der Waals surface area (Å²) in [6.07, 6.45) is 3.41. The van der Waals surface area contributed by atoms with Gasteiger partial charge in [0.05, 0.1) is 14.2 Å². The molecule has 120 valence electrons. The van der Waals surface area contributed by atoms with Crippen LogP contribution in [0.15, 0.2) is 12.1 Å². The highest BCUT2D eigenvalue weighted by Gasteiger charge is 2.50. The molecular formula is C18H25NO3. The van der Waals surface area contributed by atoms with Gasteiger partial charge in [0.1, 0.15) is 5.78 Å². The van der Waals surface area contributed by atoms with E-state index in [1.807, 2.05) is 0 Å². The Labute approximate surface area is 132 Å². The molecule has 0 radical (unpaired) electrons. The van der Waals surface area contributed by atoms with Crippen LogP contribution in [0.2, 0.25) is 0 Å². The van der Waals surface area contributed by atoms with Crippen LogP contribution in [0.3, 0.4) is 0 Å². The SMILES string of the molecule is COc1cc([C@@]23CCC(=O)CC2N(C)CC3)cc(C)c1OC. The quantitative estimate of drug-likeness (QED) is 0.860. The van der Waals surface area contributed by atoms with Crippen LogP contribution in [0.1, 0.15) is 36.8 Å². The number of ketones is 1. The second-order valence-electron chi connectivity index (χ2n) is 6.67. The number of likely N-dealkylation sites (tertiary alicyclic amines) is 1.